The van der Waals surface area contributed by atoms with Crippen LogP contribution in [0.15, 0.2) is 124 Å². The fraction of sp³-hybridized carbons (Fsp3) is 0.139. The highest BCUT2D eigenvalue weighted by atomic mass is 32.2. The molecule has 0 atom stereocenters. The van der Waals surface area contributed by atoms with Crippen molar-refractivity contribution in [1.29, 1.82) is 0 Å². The van der Waals surface area contributed by atoms with Crippen molar-refractivity contribution in [2.24, 2.45) is 4.99 Å². The second kappa shape index (κ2) is 15.3. The summed E-state index contributed by atoms with van der Waals surface area (Å²) in [5.41, 5.74) is 4.68. The van der Waals surface area contributed by atoms with Crippen LogP contribution in [0.4, 0.5) is 11.4 Å². The lowest BCUT2D eigenvalue weighted by molar-refractivity contribution is -0.302. The van der Waals surface area contributed by atoms with Gasteiger partial charge in [0.2, 0.25) is 0 Å². The fourth-order valence-electron chi connectivity index (χ4n) is 4.79. The van der Waals surface area contributed by atoms with Crippen LogP contribution in [0.5, 0.6) is 0 Å². The molecule has 4 aromatic carbocycles. The second-order valence-corrected chi connectivity index (χ2v) is 13.1. The van der Waals surface area contributed by atoms with E-state index in [9.17, 15) is 23.1 Å². The molecule has 9 nitrogen and oxygen atoms in total. The van der Waals surface area contributed by atoms with E-state index >= 15 is 0 Å². The van der Waals surface area contributed by atoms with Gasteiger partial charge in [-0.2, -0.15) is 0 Å². The molecule has 238 valence electrons. The van der Waals surface area contributed by atoms with E-state index in [1.807, 2.05) is 35.7 Å². The first kappa shape index (κ1) is 33.0. The SMILES string of the molecule is COC(=O)CCc1ccc(N(Cc2ccc(N=Cc3nc(-c4ccccc4)cs3)cc2)S(=O)(=O)c2ccccc2CC([O-])=C=O)cc1. The monoisotopic (exact) mass is 664 g/mol. The molecular weight excluding hydrogens is 635 g/mol. The highest BCUT2D eigenvalue weighted by Gasteiger charge is 2.27. The Labute approximate surface area is 277 Å². The summed E-state index contributed by atoms with van der Waals surface area (Å²) in [6.45, 7) is -0.0250. The number of carbonyl (C=O) groups excluding carboxylic acids is 2. The number of ether oxygens (including phenoxy) is 1. The molecule has 11 heteroatoms. The lowest BCUT2D eigenvalue weighted by Crippen LogP contribution is -2.31. The fourth-order valence-corrected chi connectivity index (χ4v) is 7.16. The van der Waals surface area contributed by atoms with Crippen molar-refractivity contribution < 1.29 is 27.9 Å². The van der Waals surface area contributed by atoms with Crippen LogP contribution >= 0.6 is 11.3 Å². The highest BCUT2D eigenvalue weighted by Crippen LogP contribution is 2.30. The molecule has 5 rings (SSSR count). The van der Waals surface area contributed by atoms with E-state index in [0.717, 1.165) is 21.8 Å². The van der Waals surface area contributed by atoms with E-state index in [1.54, 1.807) is 66.9 Å². The van der Waals surface area contributed by atoms with Gasteiger partial charge in [-0.25, -0.2) is 18.2 Å². The van der Waals surface area contributed by atoms with E-state index in [4.69, 9.17) is 4.74 Å². The van der Waals surface area contributed by atoms with E-state index in [2.05, 4.69) is 9.98 Å². The first-order valence-corrected chi connectivity index (χ1v) is 16.9. The lowest BCUT2D eigenvalue weighted by atomic mass is 10.1. The zero-order valence-electron chi connectivity index (χ0n) is 25.4. The summed E-state index contributed by atoms with van der Waals surface area (Å²) in [5, 5.41) is 14.7. The molecule has 0 spiro atoms. The number of benzene rings is 4. The number of carbonyl (C=O) groups is 1. The van der Waals surface area contributed by atoms with Crippen molar-refractivity contribution in [3.63, 3.8) is 0 Å². The standard InChI is InChI=1S/C36H31N3O6S2/c1-45-36(42)20-15-26-13-18-31(19-14-26)39(47(43,44)34-10-6-5-9-29(34)21-32(41)24-40)23-27-11-16-30(17-12-27)37-22-35-38-33(25-46-35)28-7-3-2-4-8-28/h2-14,16-19,22,25,41H,15,20-21,23H2,1H3/p-1. The number of esters is 1. The molecule has 0 fully saturated rings. The Morgan fingerprint density at radius 1 is 0.957 bits per heavy atom. The van der Waals surface area contributed by atoms with Gasteiger partial charge in [-0.1, -0.05) is 72.8 Å². The number of methoxy groups -OCH3 is 1. The molecule has 1 aromatic heterocycles. The molecular formula is C36H30N3O6S2-. The van der Waals surface area contributed by atoms with E-state index < -0.39 is 22.2 Å². The number of anilines is 1. The number of allylic oxidation sites excluding steroid dienone is 1. The number of thiazole rings is 1. The number of aromatic nitrogens is 1. The van der Waals surface area contributed by atoms with Gasteiger partial charge in [0.25, 0.3) is 10.0 Å². The van der Waals surface area contributed by atoms with Gasteiger partial charge < -0.3 is 9.84 Å². The zero-order chi connectivity index (χ0) is 33.2. The molecule has 1 heterocycles. The van der Waals surface area contributed by atoms with Crippen LogP contribution in [0.25, 0.3) is 11.3 Å². The predicted molar refractivity (Wildman–Crippen MR) is 181 cm³/mol. The summed E-state index contributed by atoms with van der Waals surface area (Å²) >= 11 is 1.49. The summed E-state index contributed by atoms with van der Waals surface area (Å²) < 4.78 is 34.4. The maximum atomic E-state index is 14.2. The second-order valence-electron chi connectivity index (χ2n) is 10.4. The van der Waals surface area contributed by atoms with Gasteiger partial charge in [-0.15, -0.1) is 11.3 Å². The van der Waals surface area contributed by atoms with E-state index in [-0.39, 0.29) is 29.4 Å². The Balaban J connectivity index is 1.41. The van der Waals surface area contributed by atoms with Gasteiger partial charge >= 0.3 is 5.97 Å². The Morgan fingerprint density at radius 2 is 1.64 bits per heavy atom. The van der Waals surface area contributed by atoms with Crippen molar-refractivity contribution in [1.82, 2.24) is 4.98 Å². The smallest absolute Gasteiger partial charge is 0.305 e. The highest BCUT2D eigenvalue weighted by molar-refractivity contribution is 7.92. The summed E-state index contributed by atoms with van der Waals surface area (Å²) in [6, 6.07) is 30.0. The number of hydrogen-bond donors (Lipinski definition) is 0. The summed E-state index contributed by atoms with van der Waals surface area (Å²) in [5.74, 6) is 0.125. The topological polar surface area (TPSA) is 129 Å². The van der Waals surface area contributed by atoms with Gasteiger partial charge in [-0.05, 0) is 65.6 Å². The summed E-state index contributed by atoms with van der Waals surface area (Å²) in [6.07, 6.45) is 1.93. The Morgan fingerprint density at radius 3 is 2.34 bits per heavy atom. The average molecular weight is 665 g/mol. The minimum atomic E-state index is -4.22. The van der Waals surface area contributed by atoms with E-state index in [1.165, 1.54) is 40.8 Å². The molecule has 5 aromatic rings. The number of rotatable bonds is 13. The third-order valence-electron chi connectivity index (χ3n) is 7.25. The number of aliphatic imine (C=N–C) groups is 1. The molecule has 0 unspecified atom stereocenters. The molecule has 0 saturated heterocycles. The van der Waals surface area contributed by atoms with Gasteiger partial charge in [0.05, 0.1) is 41.8 Å². The predicted octanol–water partition coefficient (Wildman–Crippen LogP) is 5.68. The Kier molecular flexibility index (Phi) is 10.7. The maximum Gasteiger partial charge on any atom is 0.305 e. The number of hydrogen-bond acceptors (Lipinski definition) is 9. The van der Waals surface area contributed by atoms with Crippen LogP contribution in [0.2, 0.25) is 0 Å². The summed E-state index contributed by atoms with van der Waals surface area (Å²) in [4.78, 5) is 31.7. The molecule has 0 aliphatic rings. The quantitative estimate of drug-likeness (QED) is 0.0686. The van der Waals surface area contributed by atoms with Crippen LogP contribution in [-0.2, 0) is 43.7 Å². The largest absolute Gasteiger partial charge is 0.867 e. The average Bonchev–Trinajstić information content (AvgIpc) is 3.59. The molecule has 0 bridgehead atoms. The van der Waals surface area contributed by atoms with Gasteiger partial charge in [0, 0.05) is 17.4 Å². The Bertz CT molecular complexity index is 2020. The van der Waals surface area contributed by atoms with Crippen molar-refractivity contribution >= 4 is 50.9 Å². The number of aryl methyl sites for hydroxylation is 1. The molecule has 0 aliphatic carbocycles. The van der Waals surface area contributed by atoms with E-state index in [0.29, 0.717) is 23.4 Å². The molecule has 0 saturated carbocycles. The van der Waals surface area contributed by atoms with Crippen molar-refractivity contribution in [2.45, 2.75) is 30.7 Å². The zero-order valence-corrected chi connectivity index (χ0v) is 27.0. The first-order valence-electron chi connectivity index (χ1n) is 14.6. The lowest BCUT2D eigenvalue weighted by Gasteiger charge is -2.26. The minimum absolute atomic E-state index is 0.0250. The third kappa shape index (κ3) is 8.47. The molecule has 0 N–H and O–H groups in total. The van der Waals surface area contributed by atoms with Crippen LogP contribution in [0.3, 0.4) is 0 Å². The van der Waals surface area contributed by atoms with Gasteiger partial charge in [0.1, 0.15) is 10.9 Å². The summed E-state index contributed by atoms with van der Waals surface area (Å²) in [7, 11) is -2.89. The van der Waals surface area contributed by atoms with Crippen LogP contribution in [0.1, 0.15) is 28.1 Å². The number of nitrogens with zero attached hydrogens (tertiary/aromatic N) is 3. The molecule has 0 amide bonds. The van der Waals surface area contributed by atoms with Crippen molar-refractivity contribution in [2.75, 3.05) is 11.4 Å². The molecule has 47 heavy (non-hydrogen) atoms. The van der Waals surface area contributed by atoms with Gasteiger partial charge in [0.15, 0.2) is 0 Å². The van der Waals surface area contributed by atoms with Crippen LogP contribution < -0.4 is 9.41 Å². The Hall–Kier alpha value is -5.35. The molecule has 0 aliphatic heterocycles. The number of sulfonamides is 1. The minimum Gasteiger partial charge on any atom is -0.867 e. The third-order valence-corrected chi connectivity index (χ3v) is 9.91. The van der Waals surface area contributed by atoms with Crippen LogP contribution in [-0.4, -0.2) is 38.6 Å². The van der Waals surface area contributed by atoms with Crippen molar-refractivity contribution in [3.05, 3.63) is 136 Å². The normalized spacial score (nSPS) is 11.3. The first-order chi connectivity index (χ1) is 22.8. The maximum absolute atomic E-state index is 14.2. The van der Waals surface area contributed by atoms with Crippen LogP contribution in [0, 0.1) is 0 Å². The van der Waals surface area contributed by atoms with Crippen molar-refractivity contribution in [3.8, 4) is 11.3 Å². The molecule has 0 radical (unpaired) electrons. The van der Waals surface area contributed by atoms with Gasteiger partial charge in [-0.3, -0.25) is 14.1 Å².